The van der Waals surface area contributed by atoms with E-state index in [1.807, 2.05) is 36.1 Å². The van der Waals surface area contributed by atoms with Crippen LogP contribution >= 0.6 is 11.6 Å². The molecule has 1 fully saturated rings. The second-order valence-electron chi connectivity index (χ2n) is 5.88. The number of carbonyl (C=O) groups excluding carboxylic acids is 1. The number of carbonyl (C=O) groups is 1. The monoisotopic (exact) mass is 345 g/mol. The van der Waals surface area contributed by atoms with E-state index in [0.29, 0.717) is 23.3 Å². The third kappa shape index (κ3) is 3.85. The van der Waals surface area contributed by atoms with Gasteiger partial charge in [-0.2, -0.15) is 4.98 Å². The summed E-state index contributed by atoms with van der Waals surface area (Å²) in [6, 6.07) is 7.46. The van der Waals surface area contributed by atoms with Gasteiger partial charge in [-0.25, -0.2) is 0 Å². The molecule has 24 heavy (non-hydrogen) atoms. The van der Waals surface area contributed by atoms with Crippen LogP contribution in [0, 0.1) is 0 Å². The second kappa shape index (κ2) is 7.62. The number of hydrogen-bond acceptors (Lipinski definition) is 4. The van der Waals surface area contributed by atoms with Crippen molar-refractivity contribution in [3.8, 4) is 0 Å². The highest BCUT2D eigenvalue weighted by atomic mass is 35.5. The second-order valence-corrected chi connectivity index (χ2v) is 6.29. The van der Waals surface area contributed by atoms with Gasteiger partial charge in [0.25, 0.3) is 0 Å². The zero-order valence-electron chi connectivity index (χ0n) is 13.6. The van der Waals surface area contributed by atoms with Gasteiger partial charge in [0.05, 0.1) is 5.92 Å². The first-order chi connectivity index (χ1) is 11.7. The summed E-state index contributed by atoms with van der Waals surface area (Å²) in [5, 5.41) is 4.58. The number of aromatic nitrogens is 2. The SMILES string of the molecule is CCc1noc(C2CCCN(C(=O)C=Cc3ccccc3Cl)C2)n1. The molecule has 0 spiro atoms. The molecule has 0 radical (unpaired) electrons. The number of amides is 1. The molecule has 1 aromatic heterocycles. The van der Waals surface area contributed by atoms with Crippen molar-refractivity contribution in [3.05, 3.63) is 52.6 Å². The van der Waals surface area contributed by atoms with E-state index in [4.69, 9.17) is 16.1 Å². The average molecular weight is 346 g/mol. The van der Waals surface area contributed by atoms with Crippen LogP contribution in [-0.4, -0.2) is 34.0 Å². The maximum atomic E-state index is 12.5. The van der Waals surface area contributed by atoms with E-state index in [9.17, 15) is 4.79 Å². The Morgan fingerprint density at radius 1 is 1.46 bits per heavy atom. The molecule has 2 heterocycles. The molecule has 0 bridgehead atoms. The van der Waals surface area contributed by atoms with E-state index < -0.39 is 0 Å². The van der Waals surface area contributed by atoms with Crippen LogP contribution in [0.4, 0.5) is 0 Å². The van der Waals surface area contributed by atoms with Gasteiger partial charge >= 0.3 is 0 Å². The van der Waals surface area contributed by atoms with Crippen LogP contribution < -0.4 is 0 Å². The normalized spacial score (nSPS) is 18.2. The summed E-state index contributed by atoms with van der Waals surface area (Å²) in [6.07, 6.45) is 5.98. The van der Waals surface area contributed by atoms with E-state index >= 15 is 0 Å². The van der Waals surface area contributed by atoms with Crippen LogP contribution in [0.1, 0.15) is 43.0 Å². The maximum absolute atomic E-state index is 12.5. The lowest BCUT2D eigenvalue weighted by atomic mass is 9.98. The van der Waals surface area contributed by atoms with Crippen molar-refractivity contribution in [2.45, 2.75) is 32.1 Å². The summed E-state index contributed by atoms with van der Waals surface area (Å²) >= 11 is 6.11. The number of benzene rings is 1. The maximum Gasteiger partial charge on any atom is 0.246 e. The zero-order valence-corrected chi connectivity index (χ0v) is 14.4. The summed E-state index contributed by atoms with van der Waals surface area (Å²) in [5.41, 5.74) is 0.838. The van der Waals surface area contributed by atoms with Crippen LogP contribution in [0.5, 0.6) is 0 Å². The molecular weight excluding hydrogens is 326 g/mol. The molecule has 1 saturated heterocycles. The molecule has 1 aliphatic rings. The van der Waals surface area contributed by atoms with Crippen molar-refractivity contribution in [2.75, 3.05) is 13.1 Å². The predicted molar refractivity (Wildman–Crippen MR) is 92.7 cm³/mol. The number of hydrogen-bond donors (Lipinski definition) is 0. The Morgan fingerprint density at radius 2 is 2.29 bits per heavy atom. The van der Waals surface area contributed by atoms with E-state index in [0.717, 1.165) is 31.4 Å². The van der Waals surface area contributed by atoms with E-state index in [1.54, 1.807) is 12.2 Å². The average Bonchev–Trinajstić information content (AvgIpc) is 3.10. The van der Waals surface area contributed by atoms with E-state index in [-0.39, 0.29) is 11.8 Å². The Bertz CT molecular complexity index is 741. The lowest BCUT2D eigenvalue weighted by molar-refractivity contribution is -0.127. The van der Waals surface area contributed by atoms with Gasteiger partial charge < -0.3 is 9.42 Å². The molecule has 6 heteroatoms. The largest absolute Gasteiger partial charge is 0.339 e. The van der Waals surface area contributed by atoms with Gasteiger partial charge in [-0.3, -0.25) is 4.79 Å². The lowest BCUT2D eigenvalue weighted by Gasteiger charge is -2.30. The summed E-state index contributed by atoms with van der Waals surface area (Å²) in [7, 11) is 0. The molecule has 0 aliphatic carbocycles. The topological polar surface area (TPSA) is 59.2 Å². The van der Waals surface area contributed by atoms with Crippen LogP contribution in [0.2, 0.25) is 5.02 Å². The number of halogens is 1. The van der Waals surface area contributed by atoms with Crippen molar-refractivity contribution in [3.63, 3.8) is 0 Å². The first-order valence-electron chi connectivity index (χ1n) is 8.21. The molecule has 2 aromatic rings. The van der Waals surface area contributed by atoms with Crippen molar-refractivity contribution >= 4 is 23.6 Å². The predicted octanol–water partition coefficient (Wildman–Crippen LogP) is 3.70. The van der Waals surface area contributed by atoms with Gasteiger partial charge in [-0.1, -0.05) is 41.9 Å². The molecule has 0 saturated carbocycles. The highest BCUT2D eigenvalue weighted by Crippen LogP contribution is 2.26. The number of likely N-dealkylation sites (tertiary alicyclic amines) is 1. The quantitative estimate of drug-likeness (QED) is 0.793. The summed E-state index contributed by atoms with van der Waals surface area (Å²) in [6.45, 7) is 3.35. The fraction of sp³-hybridized carbons (Fsp3) is 0.389. The Labute approximate surface area is 146 Å². The molecule has 0 N–H and O–H groups in total. The molecule has 1 aromatic carbocycles. The molecule has 3 rings (SSSR count). The van der Waals surface area contributed by atoms with Crippen LogP contribution in [-0.2, 0) is 11.2 Å². The minimum atomic E-state index is -0.0187. The van der Waals surface area contributed by atoms with Crippen LogP contribution in [0.3, 0.4) is 0 Å². The third-order valence-electron chi connectivity index (χ3n) is 4.19. The Hall–Kier alpha value is -2.14. The molecule has 1 amide bonds. The smallest absolute Gasteiger partial charge is 0.246 e. The molecule has 1 unspecified atom stereocenters. The molecule has 1 atom stereocenters. The van der Waals surface area contributed by atoms with Gasteiger partial charge in [0.15, 0.2) is 5.82 Å². The Balaban J connectivity index is 1.65. The third-order valence-corrected chi connectivity index (χ3v) is 4.54. The fourth-order valence-corrected chi connectivity index (χ4v) is 3.03. The van der Waals surface area contributed by atoms with Gasteiger partial charge in [0.1, 0.15) is 0 Å². The Kier molecular flexibility index (Phi) is 5.30. The van der Waals surface area contributed by atoms with Crippen LogP contribution in [0.15, 0.2) is 34.9 Å². The number of nitrogens with zero attached hydrogens (tertiary/aromatic N) is 3. The van der Waals surface area contributed by atoms with E-state index in [2.05, 4.69) is 10.1 Å². The fourth-order valence-electron chi connectivity index (χ4n) is 2.83. The number of aryl methyl sites for hydroxylation is 1. The molecule has 1 aliphatic heterocycles. The molecule has 126 valence electrons. The summed E-state index contributed by atoms with van der Waals surface area (Å²) in [4.78, 5) is 18.7. The van der Waals surface area contributed by atoms with Gasteiger partial charge in [-0.05, 0) is 30.5 Å². The van der Waals surface area contributed by atoms with Crippen molar-refractivity contribution in [1.82, 2.24) is 15.0 Å². The van der Waals surface area contributed by atoms with E-state index in [1.165, 1.54) is 0 Å². The zero-order chi connectivity index (χ0) is 16.9. The minimum absolute atomic E-state index is 0.0187. The highest BCUT2D eigenvalue weighted by Gasteiger charge is 2.27. The standard InChI is InChI=1S/C18H20ClN3O2/c1-2-16-20-18(24-21-16)14-7-5-11-22(12-14)17(23)10-9-13-6-3-4-8-15(13)19/h3-4,6,8-10,14H,2,5,7,11-12H2,1H3. The number of piperidine rings is 1. The van der Waals surface area contributed by atoms with Gasteiger partial charge in [-0.15, -0.1) is 0 Å². The van der Waals surface area contributed by atoms with Crippen LogP contribution in [0.25, 0.3) is 6.08 Å². The first-order valence-corrected chi connectivity index (χ1v) is 8.59. The first kappa shape index (κ1) is 16.7. The number of rotatable bonds is 4. The molecule has 5 nitrogen and oxygen atoms in total. The van der Waals surface area contributed by atoms with Gasteiger partial charge in [0.2, 0.25) is 11.8 Å². The highest BCUT2D eigenvalue weighted by molar-refractivity contribution is 6.32. The summed E-state index contributed by atoms with van der Waals surface area (Å²) < 4.78 is 5.33. The van der Waals surface area contributed by atoms with Crippen molar-refractivity contribution < 1.29 is 9.32 Å². The lowest BCUT2D eigenvalue weighted by Crippen LogP contribution is -2.38. The van der Waals surface area contributed by atoms with Crippen molar-refractivity contribution in [1.29, 1.82) is 0 Å². The van der Waals surface area contributed by atoms with Gasteiger partial charge in [0, 0.05) is 30.6 Å². The molecular formula is C18H20ClN3O2. The minimum Gasteiger partial charge on any atom is -0.339 e. The summed E-state index contributed by atoms with van der Waals surface area (Å²) in [5.74, 6) is 1.45. The van der Waals surface area contributed by atoms with Crippen molar-refractivity contribution in [2.24, 2.45) is 0 Å². The Morgan fingerprint density at radius 3 is 3.04 bits per heavy atom.